The second-order valence-corrected chi connectivity index (χ2v) is 6.84. The Morgan fingerprint density at radius 1 is 1.45 bits per heavy atom. The van der Waals surface area contributed by atoms with Gasteiger partial charge in [0.25, 0.3) is 0 Å². The maximum atomic E-state index is 10.1. The summed E-state index contributed by atoms with van der Waals surface area (Å²) in [5.74, 6) is 0.763. The molecule has 1 saturated carbocycles. The van der Waals surface area contributed by atoms with Gasteiger partial charge in [-0.15, -0.1) is 11.3 Å². The summed E-state index contributed by atoms with van der Waals surface area (Å²) in [5, 5.41) is 16.7. The minimum Gasteiger partial charge on any atom is -0.386 e. The van der Waals surface area contributed by atoms with Crippen molar-refractivity contribution in [1.29, 1.82) is 0 Å². The van der Waals surface area contributed by atoms with Crippen LogP contribution in [-0.4, -0.2) is 30.7 Å². The van der Waals surface area contributed by atoms with Crippen LogP contribution in [0.5, 0.6) is 0 Å². The molecule has 3 N–H and O–H groups in total. The van der Waals surface area contributed by atoms with E-state index >= 15 is 0 Å². The summed E-state index contributed by atoms with van der Waals surface area (Å²) >= 11 is 7.28. The van der Waals surface area contributed by atoms with Crippen LogP contribution >= 0.6 is 22.9 Å². The van der Waals surface area contributed by atoms with Gasteiger partial charge in [-0.3, -0.25) is 4.99 Å². The van der Waals surface area contributed by atoms with Gasteiger partial charge < -0.3 is 15.7 Å². The first-order valence-electron chi connectivity index (χ1n) is 7.09. The highest BCUT2D eigenvalue weighted by atomic mass is 35.5. The average Bonchev–Trinajstić information content (AvgIpc) is 2.91. The average molecular weight is 316 g/mol. The molecule has 0 radical (unpaired) electrons. The van der Waals surface area contributed by atoms with E-state index in [1.54, 1.807) is 13.1 Å². The monoisotopic (exact) mass is 315 g/mol. The summed E-state index contributed by atoms with van der Waals surface area (Å²) in [4.78, 5) is 5.08. The van der Waals surface area contributed by atoms with Gasteiger partial charge in [-0.25, -0.2) is 0 Å². The van der Waals surface area contributed by atoms with Crippen molar-refractivity contribution >= 4 is 28.9 Å². The molecule has 1 aromatic rings. The topological polar surface area (TPSA) is 56.7 Å². The summed E-state index contributed by atoms with van der Waals surface area (Å²) in [6.07, 6.45) is 5.74. The SMILES string of the molecule is CN=C(NCC(O)c1ccc(Cl)s1)NC1CCCCC1. The van der Waals surface area contributed by atoms with Crippen molar-refractivity contribution in [2.75, 3.05) is 13.6 Å². The lowest BCUT2D eigenvalue weighted by Gasteiger charge is -2.25. The zero-order valence-corrected chi connectivity index (χ0v) is 13.3. The van der Waals surface area contributed by atoms with Crippen molar-refractivity contribution in [3.05, 3.63) is 21.3 Å². The highest BCUT2D eigenvalue weighted by molar-refractivity contribution is 7.16. The molecule has 1 heterocycles. The highest BCUT2D eigenvalue weighted by Gasteiger charge is 2.15. The van der Waals surface area contributed by atoms with Crippen LogP contribution in [0, 0.1) is 0 Å². The molecule has 0 spiro atoms. The highest BCUT2D eigenvalue weighted by Crippen LogP contribution is 2.26. The summed E-state index contributed by atoms with van der Waals surface area (Å²) in [7, 11) is 1.76. The molecular weight excluding hydrogens is 294 g/mol. The third-order valence-electron chi connectivity index (χ3n) is 3.55. The maximum Gasteiger partial charge on any atom is 0.191 e. The van der Waals surface area contributed by atoms with E-state index in [1.165, 1.54) is 43.4 Å². The van der Waals surface area contributed by atoms with Gasteiger partial charge in [0.05, 0.1) is 4.34 Å². The summed E-state index contributed by atoms with van der Waals surface area (Å²) in [6.45, 7) is 0.434. The molecule has 0 amide bonds. The Labute approximate surface area is 129 Å². The van der Waals surface area contributed by atoms with Gasteiger partial charge in [0.15, 0.2) is 5.96 Å². The van der Waals surface area contributed by atoms with Crippen LogP contribution in [0.25, 0.3) is 0 Å². The lowest BCUT2D eigenvalue weighted by Crippen LogP contribution is -2.45. The molecule has 1 aliphatic carbocycles. The second kappa shape index (κ2) is 7.86. The number of halogens is 1. The molecule has 2 rings (SSSR count). The standard InChI is InChI=1S/C14H22ClN3OS/c1-16-14(18-10-5-3-2-4-6-10)17-9-11(19)12-7-8-13(15)20-12/h7-8,10-11,19H,2-6,9H2,1H3,(H2,16,17,18). The summed E-state index contributed by atoms with van der Waals surface area (Å²) in [6, 6.07) is 4.17. The third kappa shape index (κ3) is 4.65. The fourth-order valence-corrected chi connectivity index (χ4v) is 3.48. The van der Waals surface area contributed by atoms with E-state index in [-0.39, 0.29) is 0 Å². The van der Waals surface area contributed by atoms with E-state index in [4.69, 9.17) is 11.6 Å². The van der Waals surface area contributed by atoms with Gasteiger partial charge in [-0.05, 0) is 25.0 Å². The van der Waals surface area contributed by atoms with Crippen LogP contribution in [0.3, 0.4) is 0 Å². The molecule has 0 aromatic carbocycles. The lowest BCUT2D eigenvalue weighted by molar-refractivity contribution is 0.184. The Morgan fingerprint density at radius 3 is 2.80 bits per heavy atom. The van der Waals surface area contributed by atoms with E-state index in [0.717, 1.165) is 10.8 Å². The number of thiophene rings is 1. The summed E-state index contributed by atoms with van der Waals surface area (Å²) in [5.41, 5.74) is 0. The second-order valence-electron chi connectivity index (χ2n) is 5.09. The van der Waals surface area contributed by atoms with E-state index < -0.39 is 6.10 Å². The summed E-state index contributed by atoms with van der Waals surface area (Å²) < 4.78 is 0.698. The molecule has 20 heavy (non-hydrogen) atoms. The molecule has 1 unspecified atom stereocenters. The van der Waals surface area contributed by atoms with Gasteiger partial charge in [0.2, 0.25) is 0 Å². The molecule has 1 aliphatic rings. The van der Waals surface area contributed by atoms with Gasteiger partial charge in [0, 0.05) is 24.5 Å². The molecule has 1 fully saturated rings. The Balaban J connectivity index is 1.78. The number of nitrogens with one attached hydrogen (secondary N) is 2. The third-order valence-corrected chi connectivity index (χ3v) is 4.89. The van der Waals surface area contributed by atoms with Gasteiger partial charge in [-0.2, -0.15) is 0 Å². The maximum absolute atomic E-state index is 10.1. The first kappa shape index (κ1) is 15.6. The molecule has 4 nitrogen and oxygen atoms in total. The van der Waals surface area contributed by atoms with Crippen molar-refractivity contribution in [1.82, 2.24) is 10.6 Å². The van der Waals surface area contributed by atoms with Gasteiger partial charge in [-0.1, -0.05) is 30.9 Å². The predicted molar refractivity (Wildman–Crippen MR) is 85.7 cm³/mol. The zero-order valence-electron chi connectivity index (χ0n) is 11.7. The predicted octanol–water partition coefficient (Wildman–Crippen LogP) is 2.93. The number of guanidine groups is 1. The Morgan fingerprint density at radius 2 is 2.20 bits per heavy atom. The molecule has 0 bridgehead atoms. The van der Waals surface area contributed by atoms with Crippen molar-refractivity contribution in [2.24, 2.45) is 4.99 Å². The number of aliphatic hydroxyl groups is 1. The Hall–Kier alpha value is -0.780. The number of aliphatic hydroxyl groups excluding tert-OH is 1. The van der Waals surface area contributed by atoms with Crippen molar-refractivity contribution in [3.63, 3.8) is 0 Å². The van der Waals surface area contributed by atoms with Crippen LogP contribution in [0.4, 0.5) is 0 Å². The molecule has 1 atom stereocenters. The first-order chi connectivity index (χ1) is 9.69. The first-order valence-corrected chi connectivity index (χ1v) is 8.29. The van der Waals surface area contributed by atoms with Crippen LogP contribution < -0.4 is 10.6 Å². The van der Waals surface area contributed by atoms with Crippen molar-refractivity contribution in [2.45, 2.75) is 44.2 Å². The number of hydrogen-bond donors (Lipinski definition) is 3. The molecular formula is C14H22ClN3OS. The number of rotatable bonds is 4. The fourth-order valence-electron chi connectivity index (χ4n) is 2.44. The minimum absolute atomic E-state index is 0.434. The number of aliphatic imine (C=N–C) groups is 1. The largest absolute Gasteiger partial charge is 0.386 e. The van der Waals surface area contributed by atoms with Gasteiger partial charge in [0.1, 0.15) is 6.10 Å². The molecule has 0 aliphatic heterocycles. The molecule has 1 aromatic heterocycles. The normalized spacial score (nSPS) is 18.9. The zero-order chi connectivity index (χ0) is 14.4. The number of hydrogen-bond acceptors (Lipinski definition) is 3. The van der Waals surface area contributed by atoms with E-state index in [9.17, 15) is 5.11 Å². The van der Waals surface area contributed by atoms with E-state index in [1.807, 2.05) is 6.07 Å². The van der Waals surface area contributed by atoms with Crippen molar-refractivity contribution < 1.29 is 5.11 Å². The van der Waals surface area contributed by atoms with Crippen LogP contribution in [0.2, 0.25) is 4.34 Å². The molecule has 0 saturated heterocycles. The smallest absolute Gasteiger partial charge is 0.191 e. The molecule has 6 heteroatoms. The minimum atomic E-state index is -0.558. The van der Waals surface area contributed by atoms with Crippen LogP contribution in [0.15, 0.2) is 17.1 Å². The fraction of sp³-hybridized carbons (Fsp3) is 0.643. The quantitative estimate of drug-likeness (QED) is 0.591. The van der Waals surface area contributed by atoms with E-state index in [2.05, 4.69) is 15.6 Å². The van der Waals surface area contributed by atoms with Crippen LogP contribution in [0.1, 0.15) is 43.1 Å². The van der Waals surface area contributed by atoms with Crippen LogP contribution in [-0.2, 0) is 0 Å². The van der Waals surface area contributed by atoms with E-state index in [0.29, 0.717) is 16.9 Å². The Kier molecular flexibility index (Phi) is 6.13. The Bertz CT molecular complexity index is 443. The van der Waals surface area contributed by atoms with Gasteiger partial charge >= 0.3 is 0 Å². The number of nitrogens with zero attached hydrogens (tertiary/aromatic N) is 1. The molecule has 112 valence electrons. The van der Waals surface area contributed by atoms with Crippen molar-refractivity contribution in [3.8, 4) is 0 Å². The lowest BCUT2D eigenvalue weighted by atomic mass is 9.96.